The van der Waals surface area contributed by atoms with Gasteiger partial charge in [-0.15, -0.1) is 0 Å². The van der Waals surface area contributed by atoms with E-state index in [1.165, 1.54) is 26.3 Å². The second-order valence-electron chi connectivity index (χ2n) is 8.47. The predicted octanol–water partition coefficient (Wildman–Crippen LogP) is 3.77. The van der Waals surface area contributed by atoms with Crippen molar-refractivity contribution in [2.45, 2.75) is 58.3 Å². The van der Waals surface area contributed by atoms with Gasteiger partial charge in [-0.2, -0.15) is 0 Å². The van der Waals surface area contributed by atoms with Gasteiger partial charge in [-0.05, 0) is 25.5 Å². The van der Waals surface area contributed by atoms with Crippen molar-refractivity contribution in [3.05, 3.63) is 48.3 Å². The minimum Gasteiger partial charge on any atom is -0.493 e. The molecule has 2 rings (SSSR count). The van der Waals surface area contributed by atoms with Crippen LogP contribution in [0.5, 0.6) is 17.2 Å². The van der Waals surface area contributed by atoms with Crippen molar-refractivity contribution >= 4 is 17.7 Å². The van der Waals surface area contributed by atoms with Crippen LogP contribution >= 0.6 is 0 Å². The van der Waals surface area contributed by atoms with Crippen molar-refractivity contribution in [2.24, 2.45) is 0 Å². The lowest BCUT2D eigenvalue weighted by Crippen LogP contribution is -2.46. The number of ketones is 1. The van der Waals surface area contributed by atoms with Gasteiger partial charge in [0.05, 0.1) is 20.1 Å². The minimum atomic E-state index is -0.720. The number of hydrogen-bond acceptors (Lipinski definition) is 11. The molecule has 0 spiro atoms. The number of nitrogens with zero attached hydrogens (tertiary/aromatic N) is 1. The Kier molecular flexibility index (Phi) is 13.7. The molecule has 0 unspecified atom stereocenters. The Morgan fingerprint density at radius 1 is 1.03 bits per heavy atom. The Morgan fingerprint density at radius 2 is 1.77 bits per heavy atom. The molecule has 0 saturated carbocycles. The van der Waals surface area contributed by atoms with Gasteiger partial charge in [0.15, 0.2) is 29.1 Å². The smallest absolute Gasteiger partial charge is 0.306 e. The summed E-state index contributed by atoms with van der Waals surface area (Å²) in [5, 5.41) is 0. The van der Waals surface area contributed by atoms with E-state index >= 15 is 0 Å². The summed E-state index contributed by atoms with van der Waals surface area (Å²) < 4.78 is 38.5. The van der Waals surface area contributed by atoms with Crippen LogP contribution in [0, 0.1) is 0 Å². The first-order chi connectivity index (χ1) is 18.8. The van der Waals surface area contributed by atoms with Gasteiger partial charge in [0.2, 0.25) is 6.79 Å². The largest absolute Gasteiger partial charge is 0.493 e. The molecule has 0 amide bonds. The average Bonchev–Trinajstić information content (AvgIpc) is 2.93. The predicted molar refractivity (Wildman–Crippen MR) is 140 cm³/mol. The number of esters is 2. The maximum absolute atomic E-state index is 12.9. The summed E-state index contributed by atoms with van der Waals surface area (Å²) >= 11 is 0. The van der Waals surface area contributed by atoms with E-state index < -0.39 is 42.8 Å². The zero-order valence-corrected chi connectivity index (χ0v) is 23.0. The molecule has 1 aromatic heterocycles. The van der Waals surface area contributed by atoms with Crippen LogP contribution in [0.4, 0.5) is 0 Å². The normalized spacial score (nSPS) is 13.1. The molecule has 0 aliphatic heterocycles. The quantitative estimate of drug-likeness (QED) is 0.154. The molecule has 2 aromatic rings. The highest BCUT2D eigenvalue weighted by Gasteiger charge is 2.33. The van der Waals surface area contributed by atoms with Crippen molar-refractivity contribution in [3.63, 3.8) is 0 Å². The fourth-order valence-corrected chi connectivity index (χ4v) is 3.57. The number of benzene rings is 1. The lowest BCUT2D eigenvalue weighted by atomic mass is 10.1. The van der Waals surface area contributed by atoms with E-state index in [4.69, 9.17) is 33.2 Å². The molecule has 214 valence electrons. The third-order valence-corrected chi connectivity index (χ3v) is 5.40. The number of pyridine rings is 1. The first-order valence-electron chi connectivity index (χ1n) is 12.6. The van der Waals surface area contributed by atoms with Crippen molar-refractivity contribution in [2.75, 3.05) is 34.2 Å². The van der Waals surface area contributed by atoms with E-state index in [2.05, 4.69) is 4.98 Å². The fourth-order valence-electron chi connectivity index (χ4n) is 3.57. The molecule has 0 aliphatic carbocycles. The number of methoxy groups -OCH3 is 2. The van der Waals surface area contributed by atoms with Gasteiger partial charge in [0.25, 0.3) is 0 Å². The first kappa shape index (κ1) is 31.5. The summed E-state index contributed by atoms with van der Waals surface area (Å²) in [6.07, 6.45) is -0.135. The molecule has 11 heteroatoms. The number of Topliss-reactive ketones (excluding diaryl/α,β-unsaturated/α-hetero) is 1. The zero-order chi connectivity index (χ0) is 28.6. The summed E-state index contributed by atoms with van der Waals surface area (Å²) in [5.74, 6) is -0.794. The molecular formula is C28H37NO10. The van der Waals surface area contributed by atoms with Crippen LogP contribution in [-0.2, 0) is 28.5 Å². The van der Waals surface area contributed by atoms with E-state index in [1.54, 1.807) is 26.2 Å². The Bertz CT molecular complexity index is 1050. The molecule has 0 bridgehead atoms. The summed E-state index contributed by atoms with van der Waals surface area (Å²) in [6, 6.07) is 10.6. The molecule has 1 heterocycles. The molecule has 0 saturated heterocycles. The van der Waals surface area contributed by atoms with Crippen LogP contribution in [-0.4, -0.2) is 75.2 Å². The molecule has 0 radical (unpaired) electrons. The number of para-hydroxylation sites is 1. The molecule has 39 heavy (non-hydrogen) atoms. The van der Waals surface area contributed by atoms with Crippen LogP contribution in [0.2, 0.25) is 0 Å². The standard InChI is InChI=1S/C28H37NO10/c1-6-16-35-24(17-33-4)27(39-21-10-8-7-9-11-21)19(2)38-25(32)13-12-22(31)26-28(37-18-36-20(3)30)23(34-5)14-15-29-26/h7-11,14-15,19,24,27H,6,12-13,16-18H2,1-5H3/t19-,24-,27-/m0/s1. The topological polar surface area (TPSA) is 129 Å². The van der Waals surface area contributed by atoms with Crippen LogP contribution in [0.25, 0.3) is 0 Å². The third kappa shape index (κ3) is 10.5. The molecule has 3 atom stereocenters. The summed E-state index contributed by atoms with van der Waals surface area (Å²) in [4.78, 5) is 40.8. The molecule has 0 aliphatic rings. The van der Waals surface area contributed by atoms with Gasteiger partial charge in [-0.25, -0.2) is 4.98 Å². The number of carbonyl (C=O) groups excluding carboxylic acids is 3. The fraction of sp³-hybridized carbons (Fsp3) is 0.500. The zero-order valence-electron chi connectivity index (χ0n) is 23.0. The lowest BCUT2D eigenvalue weighted by molar-refractivity contribution is -0.160. The average molecular weight is 548 g/mol. The molecule has 0 fully saturated rings. The Balaban J connectivity index is 2.08. The lowest BCUT2D eigenvalue weighted by Gasteiger charge is -2.31. The number of rotatable bonds is 18. The number of carbonyl (C=O) groups is 3. The second-order valence-corrected chi connectivity index (χ2v) is 8.47. The van der Waals surface area contributed by atoms with Crippen LogP contribution in [0.3, 0.4) is 0 Å². The van der Waals surface area contributed by atoms with Crippen molar-refractivity contribution < 1.29 is 47.5 Å². The van der Waals surface area contributed by atoms with Crippen LogP contribution in [0.1, 0.15) is 50.5 Å². The highest BCUT2D eigenvalue weighted by atomic mass is 16.7. The minimum absolute atomic E-state index is 0.0137. The van der Waals surface area contributed by atoms with E-state index in [-0.39, 0.29) is 36.6 Å². The third-order valence-electron chi connectivity index (χ3n) is 5.40. The first-order valence-corrected chi connectivity index (χ1v) is 12.6. The SMILES string of the molecule is CCCO[C@@H](COC)[C@@H](Oc1ccccc1)[C@H](C)OC(=O)CCC(=O)c1nccc(OC)c1OCOC(C)=O. The van der Waals surface area contributed by atoms with Crippen LogP contribution in [0.15, 0.2) is 42.6 Å². The summed E-state index contributed by atoms with van der Waals surface area (Å²) in [6.45, 7) is 5.20. The Hall–Kier alpha value is -3.70. The Morgan fingerprint density at radius 3 is 2.41 bits per heavy atom. The van der Waals surface area contributed by atoms with Crippen LogP contribution < -0.4 is 14.2 Å². The van der Waals surface area contributed by atoms with Crippen molar-refractivity contribution in [3.8, 4) is 17.2 Å². The van der Waals surface area contributed by atoms with E-state index in [0.29, 0.717) is 12.4 Å². The summed E-state index contributed by atoms with van der Waals surface area (Å²) in [5.41, 5.74) is -0.0548. The summed E-state index contributed by atoms with van der Waals surface area (Å²) in [7, 11) is 2.96. The van der Waals surface area contributed by atoms with Gasteiger partial charge in [-0.1, -0.05) is 25.1 Å². The highest BCUT2D eigenvalue weighted by Crippen LogP contribution is 2.30. The van der Waals surface area contributed by atoms with Gasteiger partial charge in [-0.3, -0.25) is 14.4 Å². The van der Waals surface area contributed by atoms with Crippen molar-refractivity contribution in [1.29, 1.82) is 0 Å². The molecule has 0 N–H and O–H groups in total. The number of hydrogen-bond donors (Lipinski definition) is 0. The number of aromatic nitrogens is 1. The Labute approximate surface area is 228 Å². The van der Waals surface area contributed by atoms with E-state index in [1.807, 2.05) is 25.1 Å². The maximum Gasteiger partial charge on any atom is 0.306 e. The molecule has 1 aromatic carbocycles. The highest BCUT2D eigenvalue weighted by molar-refractivity contribution is 5.98. The second kappa shape index (κ2) is 17.0. The van der Waals surface area contributed by atoms with Gasteiger partial charge < -0.3 is 33.2 Å². The molecule has 11 nitrogen and oxygen atoms in total. The van der Waals surface area contributed by atoms with E-state index in [0.717, 1.165) is 6.42 Å². The number of ether oxygens (including phenoxy) is 7. The van der Waals surface area contributed by atoms with Crippen molar-refractivity contribution in [1.82, 2.24) is 4.98 Å². The van der Waals surface area contributed by atoms with Gasteiger partial charge in [0.1, 0.15) is 18.0 Å². The molecular weight excluding hydrogens is 510 g/mol. The van der Waals surface area contributed by atoms with Gasteiger partial charge >= 0.3 is 11.9 Å². The van der Waals surface area contributed by atoms with Gasteiger partial charge in [0, 0.05) is 39.3 Å². The van der Waals surface area contributed by atoms with E-state index in [9.17, 15) is 14.4 Å². The maximum atomic E-state index is 12.9. The monoisotopic (exact) mass is 547 g/mol.